The normalized spacial score (nSPS) is 15.5. The van der Waals surface area contributed by atoms with Crippen molar-refractivity contribution in [3.05, 3.63) is 47.0 Å². The lowest BCUT2D eigenvalue weighted by atomic mass is 9.99. The number of carboxylic acids is 1. The van der Waals surface area contributed by atoms with E-state index in [2.05, 4.69) is 10.4 Å². The third-order valence-corrected chi connectivity index (χ3v) is 4.79. The van der Waals surface area contributed by atoms with Gasteiger partial charge in [0, 0.05) is 11.3 Å². The number of halogens is 1. The zero-order valence-electron chi connectivity index (χ0n) is 14.2. The summed E-state index contributed by atoms with van der Waals surface area (Å²) in [6, 6.07) is 5.90. The Labute approximate surface area is 144 Å². The number of carboxylic acid groups (broad SMARTS) is 1. The maximum absolute atomic E-state index is 13.2. The van der Waals surface area contributed by atoms with Crippen LogP contribution in [0.1, 0.15) is 48.4 Å². The van der Waals surface area contributed by atoms with Crippen molar-refractivity contribution in [3.8, 4) is 5.69 Å². The Hall–Kier alpha value is -2.70. The molecule has 0 fully saturated rings. The molecule has 1 atom stereocenters. The number of nitrogens with zero attached hydrogens (tertiary/aromatic N) is 2. The van der Waals surface area contributed by atoms with E-state index in [0.717, 1.165) is 30.5 Å². The van der Waals surface area contributed by atoms with Gasteiger partial charge in [-0.2, -0.15) is 5.10 Å². The van der Waals surface area contributed by atoms with E-state index in [9.17, 15) is 19.1 Å². The van der Waals surface area contributed by atoms with Crippen LogP contribution in [0.25, 0.3) is 5.69 Å². The Balaban J connectivity index is 1.98. The molecule has 1 aromatic heterocycles. The van der Waals surface area contributed by atoms with Crippen LogP contribution in [0.2, 0.25) is 0 Å². The number of hydrogen-bond donors (Lipinski definition) is 2. The molecule has 7 heteroatoms. The van der Waals surface area contributed by atoms with Crippen LogP contribution in [0.4, 0.5) is 4.39 Å². The third kappa shape index (κ3) is 3.01. The van der Waals surface area contributed by atoms with Crippen molar-refractivity contribution in [2.45, 2.75) is 45.1 Å². The van der Waals surface area contributed by atoms with Gasteiger partial charge in [-0.1, -0.05) is 6.92 Å². The van der Waals surface area contributed by atoms with E-state index in [-0.39, 0.29) is 17.9 Å². The summed E-state index contributed by atoms with van der Waals surface area (Å²) in [4.78, 5) is 24.1. The number of hydrogen-bond acceptors (Lipinski definition) is 3. The van der Waals surface area contributed by atoms with Crippen molar-refractivity contribution in [2.24, 2.45) is 0 Å². The Morgan fingerprint density at radius 1 is 1.32 bits per heavy atom. The van der Waals surface area contributed by atoms with Gasteiger partial charge < -0.3 is 10.4 Å². The van der Waals surface area contributed by atoms with Gasteiger partial charge in [-0.15, -0.1) is 0 Å². The number of carbonyl (C=O) groups excluding carboxylic acids is 1. The fourth-order valence-corrected chi connectivity index (χ4v) is 3.02. The van der Waals surface area contributed by atoms with E-state index in [1.165, 1.54) is 19.1 Å². The van der Waals surface area contributed by atoms with Crippen molar-refractivity contribution in [1.29, 1.82) is 0 Å². The Kier molecular flexibility index (Phi) is 4.32. The average Bonchev–Trinajstić information content (AvgIpc) is 3.17. The minimum Gasteiger partial charge on any atom is -0.480 e. The number of aliphatic carboxylic acids is 1. The number of amides is 1. The van der Waals surface area contributed by atoms with Crippen molar-refractivity contribution in [1.82, 2.24) is 15.1 Å². The molecule has 0 saturated carbocycles. The quantitative estimate of drug-likeness (QED) is 0.872. The van der Waals surface area contributed by atoms with Crippen LogP contribution in [-0.2, 0) is 17.6 Å². The van der Waals surface area contributed by atoms with Crippen molar-refractivity contribution in [2.75, 3.05) is 0 Å². The molecule has 1 aliphatic rings. The van der Waals surface area contributed by atoms with Gasteiger partial charge in [0.2, 0.25) is 0 Å². The first-order valence-corrected chi connectivity index (χ1v) is 8.28. The molecule has 0 bridgehead atoms. The number of aromatic nitrogens is 2. The Morgan fingerprint density at radius 2 is 2.00 bits per heavy atom. The van der Waals surface area contributed by atoms with Gasteiger partial charge in [0.15, 0.2) is 5.69 Å². The monoisotopic (exact) mass is 345 g/mol. The lowest BCUT2D eigenvalue weighted by Crippen LogP contribution is -2.52. The summed E-state index contributed by atoms with van der Waals surface area (Å²) in [7, 11) is 0. The molecule has 2 aromatic rings. The molecule has 6 nitrogen and oxygen atoms in total. The Bertz CT molecular complexity index is 829. The summed E-state index contributed by atoms with van der Waals surface area (Å²) >= 11 is 0. The summed E-state index contributed by atoms with van der Waals surface area (Å²) in [5.41, 5.74) is 1.34. The molecule has 0 spiro atoms. The highest BCUT2D eigenvalue weighted by Gasteiger charge is 2.35. The second-order valence-electron chi connectivity index (χ2n) is 6.46. The van der Waals surface area contributed by atoms with E-state index >= 15 is 0 Å². The van der Waals surface area contributed by atoms with Crippen molar-refractivity contribution in [3.63, 3.8) is 0 Å². The maximum atomic E-state index is 13.2. The lowest BCUT2D eigenvalue weighted by molar-refractivity contribution is -0.143. The van der Waals surface area contributed by atoms with E-state index in [0.29, 0.717) is 5.69 Å². The van der Waals surface area contributed by atoms with Crippen molar-refractivity contribution >= 4 is 11.9 Å². The van der Waals surface area contributed by atoms with Crippen LogP contribution >= 0.6 is 0 Å². The molecule has 1 aromatic carbocycles. The molecule has 2 N–H and O–H groups in total. The lowest BCUT2D eigenvalue weighted by Gasteiger charge is -2.24. The topological polar surface area (TPSA) is 84.2 Å². The van der Waals surface area contributed by atoms with E-state index in [1.807, 2.05) is 0 Å². The number of carbonyl (C=O) groups is 2. The second-order valence-corrected chi connectivity index (χ2v) is 6.46. The van der Waals surface area contributed by atoms with Crippen LogP contribution in [0.5, 0.6) is 0 Å². The molecule has 1 heterocycles. The van der Waals surface area contributed by atoms with Crippen LogP contribution in [0.15, 0.2) is 24.3 Å². The summed E-state index contributed by atoms with van der Waals surface area (Å²) < 4.78 is 14.8. The van der Waals surface area contributed by atoms with Gasteiger partial charge in [-0.25, -0.2) is 13.9 Å². The Morgan fingerprint density at radius 3 is 2.60 bits per heavy atom. The molecule has 0 radical (unpaired) electrons. The van der Waals surface area contributed by atoms with Crippen LogP contribution in [-0.4, -0.2) is 32.3 Å². The molecule has 1 aliphatic carbocycles. The van der Waals surface area contributed by atoms with Crippen LogP contribution in [0.3, 0.4) is 0 Å². The minimum atomic E-state index is -1.35. The first-order valence-electron chi connectivity index (χ1n) is 8.28. The molecule has 0 aliphatic heterocycles. The van der Waals surface area contributed by atoms with Gasteiger partial charge in [0.1, 0.15) is 11.4 Å². The number of fused-ring (bicyclic) bond motifs is 1. The van der Waals surface area contributed by atoms with E-state index < -0.39 is 17.4 Å². The summed E-state index contributed by atoms with van der Waals surface area (Å²) in [6.45, 7) is 3.18. The summed E-state index contributed by atoms with van der Waals surface area (Å²) in [6.07, 6.45) is 2.65. The fourth-order valence-electron chi connectivity index (χ4n) is 3.02. The predicted molar refractivity (Wildman–Crippen MR) is 89.3 cm³/mol. The fraction of sp³-hybridized carbons (Fsp3) is 0.389. The molecule has 1 amide bonds. The molecule has 25 heavy (non-hydrogen) atoms. The maximum Gasteiger partial charge on any atom is 0.329 e. The molecule has 0 saturated heterocycles. The summed E-state index contributed by atoms with van der Waals surface area (Å²) in [5, 5.41) is 16.3. The SMILES string of the molecule is CCC(C)(NC(=O)c1nn(-c2ccc(F)cc2)c2c1CCC2)C(=O)O. The molecular weight excluding hydrogens is 325 g/mol. The number of benzene rings is 1. The van der Waals surface area contributed by atoms with Gasteiger partial charge >= 0.3 is 5.97 Å². The molecule has 132 valence electrons. The minimum absolute atomic E-state index is 0.248. The molecule has 1 unspecified atom stereocenters. The van der Waals surface area contributed by atoms with Gasteiger partial charge in [-0.05, 0) is 56.9 Å². The van der Waals surface area contributed by atoms with Crippen LogP contribution < -0.4 is 5.32 Å². The first kappa shape index (κ1) is 17.1. The van der Waals surface area contributed by atoms with Crippen LogP contribution in [0, 0.1) is 5.82 Å². The smallest absolute Gasteiger partial charge is 0.329 e. The molecule has 3 rings (SSSR count). The molecular formula is C18H20FN3O3. The zero-order chi connectivity index (χ0) is 18.2. The highest BCUT2D eigenvalue weighted by molar-refractivity contribution is 5.97. The third-order valence-electron chi connectivity index (χ3n) is 4.79. The number of nitrogens with one attached hydrogen (secondary N) is 1. The highest BCUT2D eigenvalue weighted by atomic mass is 19.1. The van der Waals surface area contributed by atoms with Gasteiger partial charge in [0.25, 0.3) is 5.91 Å². The van der Waals surface area contributed by atoms with E-state index in [4.69, 9.17) is 0 Å². The van der Waals surface area contributed by atoms with Gasteiger partial charge in [0.05, 0.1) is 5.69 Å². The zero-order valence-corrected chi connectivity index (χ0v) is 14.2. The van der Waals surface area contributed by atoms with Gasteiger partial charge in [-0.3, -0.25) is 4.79 Å². The average molecular weight is 345 g/mol. The number of rotatable bonds is 5. The predicted octanol–water partition coefficient (Wildman–Crippen LogP) is 2.48. The highest BCUT2D eigenvalue weighted by Crippen LogP contribution is 2.28. The van der Waals surface area contributed by atoms with Crippen molar-refractivity contribution < 1.29 is 19.1 Å². The second kappa shape index (κ2) is 6.31. The standard InChI is InChI=1S/C18H20FN3O3/c1-3-18(2,17(24)25)20-16(23)15-13-5-4-6-14(13)22(21-15)12-9-7-11(19)8-10-12/h7-10H,3-6H2,1-2H3,(H,20,23)(H,24,25). The first-order chi connectivity index (χ1) is 11.9. The largest absolute Gasteiger partial charge is 0.480 e. The van der Waals surface area contributed by atoms with E-state index in [1.54, 1.807) is 23.7 Å². The summed E-state index contributed by atoms with van der Waals surface area (Å²) in [5.74, 6) is -1.92.